The van der Waals surface area contributed by atoms with E-state index in [-0.39, 0.29) is 28.8 Å². The molecule has 0 atom stereocenters. The molecule has 10 nitrogen and oxygen atoms in total. The predicted octanol–water partition coefficient (Wildman–Crippen LogP) is 5.13. The fourth-order valence-electron chi connectivity index (χ4n) is 4.02. The fourth-order valence-corrected chi connectivity index (χ4v) is 5.15. The van der Waals surface area contributed by atoms with Crippen LogP contribution < -0.4 is 9.46 Å². The minimum absolute atomic E-state index is 0.0911. The number of rotatable bonds is 8. The molecule has 5 rings (SSSR count). The van der Waals surface area contributed by atoms with Crippen LogP contribution >= 0.6 is 0 Å². The molecule has 2 N–H and O–H groups in total. The second-order valence-corrected chi connectivity index (χ2v) is 10.6. The molecule has 204 valence electrons. The largest absolute Gasteiger partial charge is 0.440 e. The third-order valence-electron chi connectivity index (χ3n) is 5.88. The Morgan fingerprint density at radius 2 is 1.85 bits per heavy atom. The van der Waals surface area contributed by atoms with E-state index in [0.29, 0.717) is 16.9 Å². The standard InChI is InChI=1S/C27H21F2N5O5S/c1-2-10-40(37,38)33-22-9-8-21(28)23(24(22)29)25(35)20-14-31-26-19(20)11-16(12-30-26)17-13-32-34(15-17)27(36)39-18-6-4-3-5-7-18/h3-9,11-15,33H,2,10H2,1H3,(H,30,31). The molecule has 40 heavy (non-hydrogen) atoms. The second-order valence-electron chi connectivity index (χ2n) is 8.71. The van der Waals surface area contributed by atoms with Crippen LogP contribution in [0, 0.1) is 11.6 Å². The average Bonchev–Trinajstić information content (AvgIpc) is 3.58. The van der Waals surface area contributed by atoms with Gasteiger partial charge >= 0.3 is 6.09 Å². The van der Waals surface area contributed by atoms with Crippen LogP contribution in [0.5, 0.6) is 5.75 Å². The number of benzene rings is 2. The Hall–Kier alpha value is -4.91. The number of carbonyl (C=O) groups excluding carboxylic acids is 2. The summed E-state index contributed by atoms with van der Waals surface area (Å²) in [4.78, 5) is 32.8. The van der Waals surface area contributed by atoms with Crippen LogP contribution in [-0.4, -0.2) is 45.8 Å². The molecule has 3 heterocycles. The van der Waals surface area contributed by atoms with Crippen molar-refractivity contribution in [1.29, 1.82) is 0 Å². The first-order chi connectivity index (χ1) is 19.2. The number of halogens is 2. The smallest absolute Gasteiger partial charge is 0.409 e. The topological polar surface area (TPSA) is 136 Å². The molecule has 0 spiro atoms. The highest BCUT2D eigenvalue weighted by atomic mass is 32.2. The zero-order chi connectivity index (χ0) is 28.4. The van der Waals surface area contributed by atoms with Crippen molar-refractivity contribution < 1.29 is 31.5 Å². The zero-order valence-corrected chi connectivity index (χ0v) is 21.7. The lowest BCUT2D eigenvalue weighted by Gasteiger charge is -2.11. The molecule has 0 aliphatic rings. The van der Waals surface area contributed by atoms with Crippen LogP contribution in [0.3, 0.4) is 0 Å². The lowest BCUT2D eigenvalue weighted by atomic mass is 10.0. The van der Waals surface area contributed by atoms with Crippen LogP contribution in [0.25, 0.3) is 22.2 Å². The number of nitrogens with one attached hydrogen (secondary N) is 2. The highest BCUT2D eigenvalue weighted by Crippen LogP contribution is 2.29. The quantitative estimate of drug-likeness (QED) is 0.249. The van der Waals surface area contributed by atoms with E-state index >= 15 is 4.39 Å². The van der Waals surface area contributed by atoms with Crippen molar-refractivity contribution in [2.45, 2.75) is 13.3 Å². The van der Waals surface area contributed by atoms with E-state index in [9.17, 15) is 22.4 Å². The third kappa shape index (κ3) is 5.31. The van der Waals surface area contributed by atoms with Crippen LogP contribution in [0.15, 0.2) is 73.3 Å². The summed E-state index contributed by atoms with van der Waals surface area (Å²) in [5.41, 5.74) is -0.355. The van der Waals surface area contributed by atoms with Crippen molar-refractivity contribution in [2.75, 3.05) is 10.5 Å². The first-order valence-corrected chi connectivity index (χ1v) is 13.6. The minimum Gasteiger partial charge on any atom is -0.409 e. The van der Waals surface area contributed by atoms with Gasteiger partial charge in [-0.2, -0.15) is 9.78 Å². The van der Waals surface area contributed by atoms with Gasteiger partial charge in [-0.05, 0) is 36.8 Å². The molecular formula is C27H21F2N5O5S. The summed E-state index contributed by atoms with van der Waals surface area (Å²) < 4.78 is 62.5. The van der Waals surface area contributed by atoms with E-state index in [2.05, 4.69) is 19.8 Å². The van der Waals surface area contributed by atoms with E-state index < -0.39 is 44.8 Å². The molecule has 0 unspecified atom stereocenters. The highest BCUT2D eigenvalue weighted by Gasteiger charge is 2.26. The van der Waals surface area contributed by atoms with Gasteiger partial charge < -0.3 is 9.72 Å². The molecule has 0 saturated carbocycles. The van der Waals surface area contributed by atoms with Gasteiger partial charge in [-0.1, -0.05) is 25.1 Å². The Balaban J connectivity index is 1.46. The van der Waals surface area contributed by atoms with Crippen molar-refractivity contribution in [2.24, 2.45) is 0 Å². The average molecular weight is 566 g/mol. The molecule has 5 aromatic rings. The number of aromatic nitrogens is 4. The number of nitrogens with zero attached hydrogens (tertiary/aromatic N) is 3. The first kappa shape index (κ1) is 26.7. The van der Waals surface area contributed by atoms with Gasteiger partial charge in [0.1, 0.15) is 17.2 Å². The number of carbonyl (C=O) groups is 2. The number of anilines is 1. The number of fused-ring (bicyclic) bond motifs is 1. The molecule has 0 radical (unpaired) electrons. The Morgan fingerprint density at radius 3 is 2.60 bits per heavy atom. The minimum atomic E-state index is -3.89. The van der Waals surface area contributed by atoms with Gasteiger partial charge in [-0.15, -0.1) is 0 Å². The molecule has 0 aliphatic heterocycles. The molecular weight excluding hydrogens is 544 g/mol. The van der Waals surface area contributed by atoms with Gasteiger partial charge in [0.25, 0.3) is 0 Å². The van der Waals surface area contributed by atoms with Gasteiger partial charge in [0.15, 0.2) is 5.82 Å². The summed E-state index contributed by atoms with van der Waals surface area (Å²) in [6.45, 7) is 1.63. The van der Waals surface area contributed by atoms with E-state index in [1.54, 1.807) is 43.3 Å². The van der Waals surface area contributed by atoms with Crippen LogP contribution in [-0.2, 0) is 10.0 Å². The molecule has 3 aromatic heterocycles. The number of pyridine rings is 1. The van der Waals surface area contributed by atoms with Crippen LogP contribution in [0.2, 0.25) is 0 Å². The summed E-state index contributed by atoms with van der Waals surface area (Å²) >= 11 is 0. The SMILES string of the molecule is CCCS(=O)(=O)Nc1ccc(F)c(C(=O)c2c[nH]c3ncc(-c4cnn(C(=O)Oc5ccccc5)c4)cc23)c1F. The third-order valence-corrected chi connectivity index (χ3v) is 7.36. The van der Waals surface area contributed by atoms with Crippen LogP contribution in [0.4, 0.5) is 19.3 Å². The van der Waals surface area contributed by atoms with Gasteiger partial charge in [0, 0.05) is 40.7 Å². The van der Waals surface area contributed by atoms with Crippen LogP contribution in [0.1, 0.15) is 29.3 Å². The van der Waals surface area contributed by atoms with Gasteiger partial charge in [-0.25, -0.2) is 27.0 Å². The fraction of sp³-hybridized carbons (Fsp3) is 0.111. The maximum atomic E-state index is 15.3. The molecule has 0 amide bonds. The number of para-hydroxylation sites is 1. The van der Waals surface area contributed by atoms with E-state index in [0.717, 1.165) is 16.8 Å². The maximum Gasteiger partial charge on any atom is 0.440 e. The molecule has 13 heteroatoms. The molecule has 0 saturated heterocycles. The number of hydrogen-bond donors (Lipinski definition) is 2. The van der Waals surface area contributed by atoms with Crippen molar-refractivity contribution in [3.63, 3.8) is 0 Å². The number of aromatic amines is 1. The number of ketones is 1. The Kier molecular flexibility index (Phi) is 7.13. The lowest BCUT2D eigenvalue weighted by molar-refractivity contribution is 0.103. The van der Waals surface area contributed by atoms with Gasteiger partial charge in [0.2, 0.25) is 15.8 Å². The summed E-state index contributed by atoms with van der Waals surface area (Å²) in [6.07, 6.45) is 5.08. The highest BCUT2D eigenvalue weighted by molar-refractivity contribution is 7.92. The molecule has 0 aliphatic carbocycles. The van der Waals surface area contributed by atoms with Crippen molar-refractivity contribution in [3.05, 3.63) is 96.1 Å². The summed E-state index contributed by atoms with van der Waals surface area (Å²) in [7, 11) is -3.89. The monoisotopic (exact) mass is 565 g/mol. The maximum absolute atomic E-state index is 15.3. The Morgan fingerprint density at radius 1 is 1.07 bits per heavy atom. The summed E-state index contributed by atoms with van der Waals surface area (Å²) in [5.74, 6) is -3.44. The Bertz CT molecular complexity index is 1850. The summed E-state index contributed by atoms with van der Waals surface area (Å²) in [5, 5.41) is 4.27. The van der Waals surface area contributed by atoms with E-state index in [4.69, 9.17) is 4.74 Å². The predicted molar refractivity (Wildman–Crippen MR) is 143 cm³/mol. The van der Waals surface area contributed by atoms with Crippen molar-refractivity contribution in [3.8, 4) is 16.9 Å². The van der Waals surface area contributed by atoms with Gasteiger partial charge in [-0.3, -0.25) is 9.52 Å². The zero-order valence-electron chi connectivity index (χ0n) is 20.9. The lowest BCUT2D eigenvalue weighted by Crippen LogP contribution is -2.18. The van der Waals surface area contributed by atoms with E-state index in [1.807, 2.05) is 0 Å². The van der Waals surface area contributed by atoms with Gasteiger partial charge in [0.05, 0.1) is 23.2 Å². The first-order valence-electron chi connectivity index (χ1n) is 12.0. The van der Waals surface area contributed by atoms with E-state index in [1.165, 1.54) is 24.8 Å². The normalized spacial score (nSPS) is 11.5. The van der Waals surface area contributed by atoms with Crippen molar-refractivity contribution >= 4 is 38.6 Å². The second kappa shape index (κ2) is 10.7. The number of H-pyrrole nitrogens is 1. The molecule has 0 bridgehead atoms. The molecule has 2 aromatic carbocycles. The number of sulfonamides is 1. The van der Waals surface area contributed by atoms with Crippen molar-refractivity contribution in [1.82, 2.24) is 19.7 Å². The number of ether oxygens (including phenoxy) is 1. The Labute approximate surface area is 226 Å². The molecule has 0 fully saturated rings. The summed E-state index contributed by atoms with van der Waals surface area (Å²) in [6, 6.07) is 11.7. The number of hydrogen-bond acceptors (Lipinski definition) is 7.